The van der Waals surface area contributed by atoms with E-state index >= 15 is 0 Å². The lowest BCUT2D eigenvalue weighted by Gasteiger charge is -2.10. The van der Waals surface area contributed by atoms with E-state index in [4.69, 9.17) is 4.74 Å². The van der Waals surface area contributed by atoms with Gasteiger partial charge >= 0.3 is 5.97 Å². The highest BCUT2D eigenvalue weighted by atomic mass is 32.2. The molecule has 7 heteroatoms. The van der Waals surface area contributed by atoms with Crippen LogP contribution in [0.3, 0.4) is 0 Å². The Morgan fingerprint density at radius 2 is 1.67 bits per heavy atom. The lowest BCUT2D eigenvalue weighted by Crippen LogP contribution is -2.15. The van der Waals surface area contributed by atoms with Crippen LogP contribution in [0, 0.1) is 24.0 Å². The van der Waals surface area contributed by atoms with Gasteiger partial charge in [0.05, 0.1) is 10.5 Å². The first-order chi connectivity index (χ1) is 14.3. The number of ketones is 1. The van der Waals surface area contributed by atoms with Gasteiger partial charge in [-0.05, 0) is 49.7 Å². The van der Waals surface area contributed by atoms with E-state index < -0.39 is 10.9 Å². The van der Waals surface area contributed by atoms with Crippen molar-refractivity contribution in [2.75, 3.05) is 6.61 Å². The number of Topliss-reactive ketones (excluding diaryl/α,β-unsaturated/α-hetero) is 1. The maximum atomic E-state index is 12.6. The Balaban J connectivity index is 1.71. The smallest absolute Gasteiger partial charge is 0.339 e. The average molecular weight is 421 g/mol. The predicted octanol–water partition coefficient (Wildman–Crippen LogP) is 5.40. The third-order valence-electron chi connectivity index (χ3n) is 4.41. The van der Waals surface area contributed by atoms with Crippen molar-refractivity contribution >= 4 is 29.2 Å². The third kappa shape index (κ3) is 5.12. The monoisotopic (exact) mass is 421 g/mol. The molecule has 0 fully saturated rings. The number of benzene rings is 3. The van der Waals surface area contributed by atoms with Crippen LogP contribution in [0.15, 0.2) is 76.5 Å². The van der Waals surface area contributed by atoms with Gasteiger partial charge in [-0.2, -0.15) is 0 Å². The average Bonchev–Trinajstić information content (AvgIpc) is 2.74. The number of esters is 1. The standard InChI is InChI=1S/C23H19NO5S/c1-15-7-8-16(2)20(13-15)21(25)14-29-23(26)19-5-3-4-6-22(19)30-18-11-9-17(10-12-18)24(27)28/h3-13H,14H2,1-2H3. The van der Waals surface area contributed by atoms with Crippen molar-refractivity contribution < 1.29 is 19.2 Å². The molecule has 152 valence electrons. The number of nitro benzene ring substituents is 1. The first-order valence-corrected chi connectivity index (χ1v) is 9.95. The number of carbonyl (C=O) groups excluding carboxylic acids is 2. The summed E-state index contributed by atoms with van der Waals surface area (Å²) < 4.78 is 5.28. The van der Waals surface area contributed by atoms with Gasteiger partial charge in [0.2, 0.25) is 5.78 Å². The number of nitrogens with zero attached hydrogens (tertiary/aromatic N) is 1. The zero-order valence-electron chi connectivity index (χ0n) is 16.5. The highest BCUT2D eigenvalue weighted by molar-refractivity contribution is 7.99. The van der Waals surface area contributed by atoms with Crippen LogP contribution < -0.4 is 0 Å². The van der Waals surface area contributed by atoms with E-state index in [1.807, 2.05) is 26.0 Å². The number of aryl methyl sites for hydroxylation is 2. The molecule has 0 unspecified atom stereocenters. The summed E-state index contributed by atoms with van der Waals surface area (Å²) in [5, 5.41) is 10.8. The molecule has 3 aromatic carbocycles. The van der Waals surface area contributed by atoms with E-state index in [0.29, 0.717) is 16.0 Å². The van der Waals surface area contributed by atoms with Gasteiger partial charge in [0, 0.05) is 27.5 Å². The number of carbonyl (C=O) groups is 2. The summed E-state index contributed by atoms with van der Waals surface area (Å²) in [7, 11) is 0. The summed E-state index contributed by atoms with van der Waals surface area (Å²) in [5.74, 6) is -0.858. The fraction of sp³-hybridized carbons (Fsp3) is 0.130. The molecule has 0 bridgehead atoms. The van der Waals surface area contributed by atoms with Crippen molar-refractivity contribution in [3.8, 4) is 0 Å². The minimum absolute atomic E-state index is 0.00278. The normalized spacial score (nSPS) is 10.5. The van der Waals surface area contributed by atoms with Gasteiger partial charge in [-0.15, -0.1) is 0 Å². The molecule has 0 saturated carbocycles. The van der Waals surface area contributed by atoms with Crippen LogP contribution in [0.5, 0.6) is 0 Å². The van der Waals surface area contributed by atoms with Gasteiger partial charge in [0.1, 0.15) is 0 Å². The van der Waals surface area contributed by atoms with E-state index in [1.165, 1.54) is 23.9 Å². The highest BCUT2D eigenvalue weighted by Gasteiger charge is 2.17. The van der Waals surface area contributed by atoms with Crippen LogP contribution in [0.4, 0.5) is 5.69 Å². The summed E-state index contributed by atoms with van der Waals surface area (Å²) in [5.41, 5.74) is 2.65. The zero-order chi connectivity index (χ0) is 21.7. The topological polar surface area (TPSA) is 86.5 Å². The lowest BCUT2D eigenvalue weighted by molar-refractivity contribution is -0.384. The molecule has 0 heterocycles. The lowest BCUT2D eigenvalue weighted by atomic mass is 10.0. The highest BCUT2D eigenvalue weighted by Crippen LogP contribution is 2.31. The molecule has 0 aliphatic rings. The Labute approximate surface area is 178 Å². The number of ether oxygens (including phenoxy) is 1. The fourth-order valence-corrected chi connectivity index (χ4v) is 3.74. The summed E-state index contributed by atoms with van der Waals surface area (Å²) >= 11 is 1.29. The Hall–Kier alpha value is -3.45. The molecule has 0 radical (unpaired) electrons. The summed E-state index contributed by atoms with van der Waals surface area (Å²) in [6.07, 6.45) is 0. The summed E-state index contributed by atoms with van der Waals surface area (Å²) in [6, 6.07) is 18.5. The molecule has 0 amide bonds. The van der Waals surface area contributed by atoms with Gasteiger partial charge in [-0.25, -0.2) is 4.79 Å². The van der Waals surface area contributed by atoms with Gasteiger partial charge in [0.25, 0.3) is 5.69 Å². The Kier molecular flexibility index (Phi) is 6.64. The van der Waals surface area contributed by atoms with Crippen LogP contribution in [0.25, 0.3) is 0 Å². The van der Waals surface area contributed by atoms with Gasteiger partial charge in [-0.3, -0.25) is 14.9 Å². The molecule has 3 rings (SSSR count). The maximum absolute atomic E-state index is 12.6. The first-order valence-electron chi connectivity index (χ1n) is 9.14. The molecule has 0 N–H and O–H groups in total. The molecule has 6 nitrogen and oxygen atoms in total. The zero-order valence-corrected chi connectivity index (χ0v) is 17.3. The second kappa shape index (κ2) is 9.37. The van der Waals surface area contributed by atoms with Crippen molar-refractivity contribution in [2.24, 2.45) is 0 Å². The molecule has 0 aliphatic heterocycles. The number of rotatable bonds is 7. The minimum atomic E-state index is -0.598. The Morgan fingerprint density at radius 1 is 0.967 bits per heavy atom. The molecule has 30 heavy (non-hydrogen) atoms. The molecular formula is C23H19NO5S. The van der Waals surface area contributed by atoms with E-state index in [9.17, 15) is 19.7 Å². The summed E-state index contributed by atoms with van der Waals surface area (Å²) in [6.45, 7) is 3.39. The maximum Gasteiger partial charge on any atom is 0.339 e. The quantitative estimate of drug-likeness (QED) is 0.220. The van der Waals surface area contributed by atoms with Crippen molar-refractivity contribution in [3.05, 3.63) is 99.1 Å². The van der Waals surface area contributed by atoms with Crippen LogP contribution >= 0.6 is 11.8 Å². The largest absolute Gasteiger partial charge is 0.454 e. The van der Waals surface area contributed by atoms with Crippen LogP contribution in [0.2, 0.25) is 0 Å². The second-order valence-corrected chi connectivity index (χ2v) is 7.78. The van der Waals surface area contributed by atoms with Crippen molar-refractivity contribution in [1.29, 1.82) is 0 Å². The number of nitro groups is 1. The van der Waals surface area contributed by atoms with E-state index in [0.717, 1.165) is 16.0 Å². The van der Waals surface area contributed by atoms with E-state index in [2.05, 4.69) is 0 Å². The second-order valence-electron chi connectivity index (χ2n) is 6.67. The molecule has 0 aliphatic carbocycles. The predicted molar refractivity (Wildman–Crippen MR) is 114 cm³/mol. The van der Waals surface area contributed by atoms with Gasteiger partial charge < -0.3 is 4.74 Å². The van der Waals surface area contributed by atoms with Crippen molar-refractivity contribution in [1.82, 2.24) is 0 Å². The Bertz CT molecular complexity index is 1110. The third-order valence-corrected chi connectivity index (χ3v) is 5.49. The van der Waals surface area contributed by atoms with Crippen LogP contribution in [0.1, 0.15) is 31.8 Å². The molecular weight excluding hydrogens is 402 g/mol. The molecule has 0 spiro atoms. The fourth-order valence-electron chi connectivity index (χ4n) is 2.81. The number of hydrogen-bond donors (Lipinski definition) is 0. The molecule has 3 aromatic rings. The molecule has 0 aromatic heterocycles. The van der Waals surface area contributed by atoms with Crippen LogP contribution in [-0.2, 0) is 4.74 Å². The summed E-state index contributed by atoms with van der Waals surface area (Å²) in [4.78, 5) is 36.8. The van der Waals surface area contributed by atoms with Crippen LogP contribution in [-0.4, -0.2) is 23.3 Å². The number of hydrogen-bond acceptors (Lipinski definition) is 6. The number of non-ortho nitro benzene ring substituents is 1. The van der Waals surface area contributed by atoms with Crippen molar-refractivity contribution in [3.63, 3.8) is 0 Å². The van der Waals surface area contributed by atoms with E-state index in [-0.39, 0.29) is 18.1 Å². The Morgan fingerprint density at radius 3 is 2.37 bits per heavy atom. The first kappa shape index (κ1) is 21.3. The molecule has 0 saturated heterocycles. The van der Waals surface area contributed by atoms with Gasteiger partial charge in [0.15, 0.2) is 6.61 Å². The van der Waals surface area contributed by atoms with E-state index in [1.54, 1.807) is 42.5 Å². The minimum Gasteiger partial charge on any atom is -0.454 e. The molecule has 0 atom stereocenters. The van der Waals surface area contributed by atoms with Gasteiger partial charge in [-0.1, -0.05) is 41.6 Å². The SMILES string of the molecule is Cc1ccc(C)c(C(=O)COC(=O)c2ccccc2Sc2ccc([N+](=O)[O-])cc2)c1. The van der Waals surface area contributed by atoms with Crippen molar-refractivity contribution in [2.45, 2.75) is 23.6 Å².